The predicted molar refractivity (Wildman–Crippen MR) is 105 cm³/mol. The highest BCUT2D eigenvalue weighted by Gasteiger charge is 2.40. The molecule has 5 unspecified atom stereocenters. The second-order valence-corrected chi connectivity index (χ2v) is 25.9. The SMILES string of the molecule is C[SiH]1C[SiH](C)C[Si](C)(OCC2CC3C=CC2C3)C[SiH](C)C1. The van der Waals surface area contributed by atoms with E-state index in [-0.39, 0.29) is 8.80 Å². The van der Waals surface area contributed by atoms with Crippen molar-refractivity contribution in [1.29, 1.82) is 0 Å². The van der Waals surface area contributed by atoms with E-state index in [0.29, 0.717) is 0 Å². The second kappa shape index (κ2) is 6.59. The maximum absolute atomic E-state index is 6.81. The first-order valence-corrected chi connectivity index (χ1v) is 20.4. The molecular formula is C16H34OSi4. The topological polar surface area (TPSA) is 9.23 Å². The first-order valence-electron chi connectivity index (χ1n) is 9.26. The van der Waals surface area contributed by atoms with E-state index in [1.807, 2.05) is 0 Å². The molecule has 21 heavy (non-hydrogen) atoms. The molecule has 0 aromatic heterocycles. The van der Waals surface area contributed by atoms with Gasteiger partial charge in [-0.3, -0.25) is 0 Å². The number of hydrogen-bond acceptors (Lipinski definition) is 1. The minimum Gasteiger partial charge on any atom is -0.417 e. The van der Waals surface area contributed by atoms with Gasteiger partial charge < -0.3 is 4.43 Å². The molecule has 0 aromatic carbocycles. The van der Waals surface area contributed by atoms with Gasteiger partial charge in [0.1, 0.15) is 0 Å². The molecule has 2 fully saturated rings. The van der Waals surface area contributed by atoms with Crippen LogP contribution in [0.1, 0.15) is 12.8 Å². The molecule has 3 rings (SSSR count). The summed E-state index contributed by atoms with van der Waals surface area (Å²) in [6.07, 6.45) is 7.82. The number of rotatable bonds is 3. The smallest absolute Gasteiger partial charge is 0.184 e. The van der Waals surface area contributed by atoms with Gasteiger partial charge in [-0.25, -0.2) is 0 Å². The van der Waals surface area contributed by atoms with E-state index in [4.69, 9.17) is 4.43 Å². The van der Waals surface area contributed by atoms with Crippen molar-refractivity contribution in [3.63, 3.8) is 0 Å². The van der Waals surface area contributed by atoms with Crippen molar-refractivity contribution in [3.8, 4) is 0 Å². The number of allylic oxidation sites excluding steroid dienone is 2. The molecule has 0 amide bonds. The van der Waals surface area contributed by atoms with Crippen LogP contribution in [0, 0.1) is 17.8 Å². The molecular weight excluding hydrogens is 321 g/mol. The van der Waals surface area contributed by atoms with Gasteiger partial charge in [0.15, 0.2) is 8.32 Å². The zero-order chi connectivity index (χ0) is 15.0. The predicted octanol–water partition coefficient (Wildman–Crippen LogP) is 3.53. The van der Waals surface area contributed by atoms with Crippen LogP contribution in [0.2, 0.25) is 48.9 Å². The lowest BCUT2D eigenvalue weighted by Gasteiger charge is -2.37. The van der Waals surface area contributed by atoms with Gasteiger partial charge in [0.25, 0.3) is 0 Å². The highest BCUT2D eigenvalue weighted by Crippen LogP contribution is 2.44. The van der Waals surface area contributed by atoms with Crippen molar-refractivity contribution in [2.45, 2.75) is 61.7 Å². The molecule has 0 spiro atoms. The van der Waals surface area contributed by atoms with Gasteiger partial charge in [0.2, 0.25) is 0 Å². The van der Waals surface area contributed by atoms with Crippen LogP contribution in [0.5, 0.6) is 0 Å². The molecule has 5 heteroatoms. The molecule has 0 radical (unpaired) electrons. The Morgan fingerprint density at radius 2 is 1.67 bits per heavy atom. The van der Waals surface area contributed by atoms with E-state index < -0.39 is 25.9 Å². The highest BCUT2D eigenvalue weighted by molar-refractivity contribution is 6.98. The molecule has 120 valence electrons. The first-order chi connectivity index (χ1) is 9.93. The van der Waals surface area contributed by atoms with Gasteiger partial charge in [-0.2, -0.15) is 0 Å². The molecule has 1 nitrogen and oxygen atoms in total. The van der Waals surface area contributed by atoms with Crippen molar-refractivity contribution < 1.29 is 4.43 Å². The third-order valence-corrected chi connectivity index (χ3v) is 32.5. The van der Waals surface area contributed by atoms with Crippen molar-refractivity contribution in [1.82, 2.24) is 0 Å². The summed E-state index contributed by atoms with van der Waals surface area (Å²) in [4.78, 5) is 0. The Morgan fingerprint density at radius 3 is 2.19 bits per heavy atom. The lowest BCUT2D eigenvalue weighted by atomic mass is 9.95. The summed E-state index contributed by atoms with van der Waals surface area (Å²) in [6, 6.07) is 0. The molecule has 0 aromatic rings. The quantitative estimate of drug-likeness (QED) is 0.556. The number of hydrogen-bond donors (Lipinski definition) is 0. The monoisotopic (exact) mass is 354 g/mol. The summed E-state index contributed by atoms with van der Waals surface area (Å²) in [6.45, 7) is 11.7. The van der Waals surface area contributed by atoms with E-state index in [1.54, 1.807) is 22.7 Å². The number of fused-ring (bicyclic) bond motifs is 2. The zero-order valence-corrected chi connectivity index (χ0v) is 18.9. The molecule has 0 N–H and O–H groups in total. The molecule has 2 bridgehead atoms. The van der Waals surface area contributed by atoms with Crippen LogP contribution in [-0.4, -0.2) is 41.3 Å². The maximum Gasteiger partial charge on any atom is 0.184 e. The summed E-state index contributed by atoms with van der Waals surface area (Å²) in [5.41, 5.74) is 6.64. The lowest BCUT2D eigenvalue weighted by molar-refractivity contribution is 0.220. The zero-order valence-electron chi connectivity index (χ0n) is 14.5. The Balaban J connectivity index is 1.57. The minimum absolute atomic E-state index is 0.312. The fourth-order valence-electron chi connectivity index (χ4n) is 5.71. The van der Waals surface area contributed by atoms with Crippen molar-refractivity contribution >= 4 is 34.7 Å². The van der Waals surface area contributed by atoms with E-state index in [9.17, 15) is 0 Å². The van der Waals surface area contributed by atoms with Gasteiger partial charge in [-0.15, -0.1) is 0 Å². The average molecular weight is 355 g/mol. The summed E-state index contributed by atoms with van der Waals surface area (Å²) < 4.78 is 6.81. The van der Waals surface area contributed by atoms with Crippen LogP contribution in [0.25, 0.3) is 0 Å². The molecule has 2 aliphatic carbocycles. The molecule has 1 aliphatic heterocycles. The van der Waals surface area contributed by atoms with Gasteiger partial charge >= 0.3 is 0 Å². The lowest BCUT2D eigenvalue weighted by Crippen LogP contribution is -2.47. The van der Waals surface area contributed by atoms with Crippen LogP contribution in [-0.2, 0) is 4.43 Å². The highest BCUT2D eigenvalue weighted by atomic mass is 28.4. The normalized spacial score (nSPS) is 50.1. The average Bonchev–Trinajstić information content (AvgIpc) is 2.96. The minimum atomic E-state index is -1.35. The molecule has 5 atom stereocenters. The van der Waals surface area contributed by atoms with Crippen LogP contribution in [0.15, 0.2) is 12.2 Å². The molecule has 1 saturated heterocycles. The largest absolute Gasteiger partial charge is 0.417 e. The standard InChI is InChI=1S/C16H34OSi4/c1-18-10-19(2)12-21(4,13-20(3)11-18)17-9-16-8-14-5-6-15(16)7-14/h5-6,14-16,18-20H,7-13H2,1-4H3. The van der Waals surface area contributed by atoms with Gasteiger partial charge in [-0.05, 0) is 48.5 Å². The summed E-state index contributed by atoms with van der Waals surface area (Å²) in [5.74, 6) is 2.65. The van der Waals surface area contributed by atoms with E-state index in [1.165, 1.54) is 12.8 Å². The van der Waals surface area contributed by atoms with E-state index in [2.05, 4.69) is 38.3 Å². The van der Waals surface area contributed by atoms with Crippen LogP contribution in [0.4, 0.5) is 0 Å². The fraction of sp³-hybridized carbons (Fsp3) is 0.875. The third kappa shape index (κ3) is 4.10. The fourth-order valence-corrected chi connectivity index (χ4v) is 39.1. The Kier molecular flexibility index (Phi) is 5.16. The molecule has 1 saturated carbocycles. The Labute approximate surface area is 137 Å². The first kappa shape index (κ1) is 16.4. The summed E-state index contributed by atoms with van der Waals surface area (Å²) >= 11 is 0. The van der Waals surface area contributed by atoms with Crippen molar-refractivity contribution in [2.24, 2.45) is 17.8 Å². The Morgan fingerprint density at radius 1 is 1.00 bits per heavy atom. The van der Waals surface area contributed by atoms with Crippen molar-refractivity contribution in [3.05, 3.63) is 12.2 Å². The van der Waals surface area contributed by atoms with Gasteiger partial charge in [0.05, 0.1) is 0 Å². The van der Waals surface area contributed by atoms with Gasteiger partial charge in [-0.1, -0.05) is 43.1 Å². The second-order valence-electron chi connectivity index (χ2n) is 9.00. The summed E-state index contributed by atoms with van der Waals surface area (Å²) in [5, 5.41) is 0. The van der Waals surface area contributed by atoms with Gasteiger partial charge in [0, 0.05) is 33.0 Å². The molecule has 3 aliphatic rings. The van der Waals surface area contributed by atoms with Crippen LogP contribution in [0.3, 0.4) is 0 Å². The summed E-state index contributed by atoms with van der Waals surface area (Å²) in [7, 11) is -2.56. The Bertz CT molecular complexity index is 386. The van der Waals surface area contributed by atoms with Crippen LogP contribution >= 0.6 is 0 Å². The maximum atomic E-state index is 6.81. The van der Waals surface area contributed by atoms with Crippen molar-refractivity contribution in [2.75, 3.05) is 6.61 Å². The van der Waals surface area contributed by atoms with Crippen LogP contribution < -0.4 is 0 Å². The van der Waals surface area contributed by atoms with E-state index >= 15 is 0 Å². The van der Waals surface area contributed by atoms with E-state index in [0.717, 1.165) is 24.4 Å². The third-order valence-electron chi connectivity index (χ3n) is 6.23. The molecule has 1 heterocycles. The Hall–Kier alpha value is 0.568.